The molecular weight excluding hydrogens is 427 g/mol. The minimum atomic E-state index is -2.86. The van der Waals surface area contributed by atoms with Gasteiger partial charge in [-0.15, -0.1) is 0 Å². The minimum Gasteiger partial charge on any atom is -0.377 e. The zero-order valence-corrected chi connectivity index (χ0v) is 18.9. The van der Waals surface area contributed by atoms with Crippen LogP contribution in [0.2, 0.25) is 0 Å². The number of nitrogens with one attached hydrogen (secondary N) is 1. The highest BCUT2D eigenvalue weighted by molar-refractivity contribution is 5.93. The van der Waals surface area contributed by atoms with E-state index < -0.39 is 23.8 Å². The van der Waals surface area contributed by atoms with Gasteiger partial charge in [-0.3, -0.25) is 4.90 Å². The summed E-state index contributed by atoms with van der Waals surface area (Å²) in [5.74, 6) is -0.873. The molecule has 0 aliphatic carbocycles. The van der Waals surface area contributed by atoms with E-state index in [4.69, 9.17) is 0 Å². The predicted octanol–water partition coefficient (Wildman–Crippen LogP) is 5.55. The van der Waals surface area contributed by atoms with Crippen molar-refractivity contribution in [2.45, 2.75) is 44.2 Å². The Morgan fingerprint density at radius 3 is 2.67 bits per heavy atom. The average Bonchev–Trinajstić information content (AvgIpc) is 3.40. The second-order valence-corrected chi connectivity index (χ2v) is 9.30. The van der Waals surface area contributed by atoms with Crippen molar-refractivity contribution in [1.82, 2.24) is 15.1 Å². The van der Waals surface area contributed by atoms with Crippen LogP contribution in [0, 0.1) is 5.82 Å². The zero-order chi connectivity index (χ0) is 23.2. The first-order valence-electron chi connectivity index (χ1n) is 11.4. The second-order valence-electron chi connectivity index (χ2n) is 9.30. The second kappa shape index (κ2) is 8.48. The van der Waals surface area contributed by atoms with Crippen molar-refractivity contribution >= 4 is 22.3 Å². The van der Waals surface area contributed by atoms with Crippen LogP contribution in [-0.4, -0.2) is 47.3 Å². The van der Waals surface area contributed by atoms with Crippen LogP contribution >= 0.6 is 0 Å². The highest BCUT2D eigenvalue weighted by atomic mass is 19.3. The first-order chi connectivity index (χ1) is 15.9. The van der Waals surface area contributed by atoms with E-state index in [-0.39, 0.29) is 11.1 Å². The van der Waals surface area contributed by atoms with E-state index >= 15 is 0 Å². The van der Waals surface area contributed by atoms with Gasteiger partial charge in [-0.05, 0) is 58.0 Å². The molecule has 1 spiro atoms. The number of likely N-dealkylation sites (N-methyl/N-ethyl adjacent to an activating group) is 1. The Morgan fingerprint density at radius 2 is 1.91 bits per heavy atom. The number of hydrogen-bond acceptors (Lipinski definition) is 5. The summed E-state index contributed by atoms with van der Waals surface area (Å²) in [5.41, 5.74) is 2.41. The molecular formula is C25H28F3N5. The lowest BCUT2D eigenvalue weighted by Gasteiger charge is -2.32. The van der Waals surface area contributed by atoms with Gasteiger partial charge in [-0.1, -0.05) is 18.2 Å². The van der Waals surface area contributed by atoms with Crippen LogP contribution in [0.1, 0.15) is 49.8 Å². The third kappa shape index (κ3) is 3.90. The molecule has 174 valence electrons. The number of anilines is 2. The standard InChI is InChI=1S/C25H28F3N5/c1-16(18-5-3-6-19(23(18)26)24(27)28)30-22-14-29-31-21-8-7-17(13-20(21)22)33-12-10-25(15-33)9-4-11-32(25)2/h3,5-8,13-14,16,24H,4,9-12,15H2,1-2H3,(H,30,31)/t16-,25?/m1/s1. The number of rotatable bonds is 5. The number of likely N-dealkylation sites (tertiary alicyclic amines) is 1. The Bertz CT molecular complexity index is 1170. The van der Waals surface area contributed by atoms with Crippen molar-refractivity contribution in [2.24, 2.45) is 0 Å². The van der Waals surface area contributed by atoms with Gasteiger partial charge in [0.1, 0.15) is 5.82 Å². The summed E-state index contributed by atoms with van der Waals surface area (Å²) < 4.78 is 41.0. The number of hydrogen-bond donors (Lipinski definition) is 1. The third-order valence-corrected chi connectivity index (χ3v) is 7.40. The van der Waals surface area contributed by atoms with Gasteiger partial charge in [0.25, 0.3) is 6.43 Å². The van der Waals surface area contributed by atoms with Gasteiger partial charge >= 0.3 is 0 Å². The molecule has 1 unspecified atom stereocenters. The molecule has 1 N–H and O–H groups in total. The molecule has 0 radical (unpaired) electrons. The van der Waals surface area contributed by atoms with Gasteiger partial charge in [-0.25, -0.2) is 13.2 Å². The first kappa shape index (κ1) is 21.9. The lowest BCUT2D eigenvalue weighted by molar-refractivity contribution is 0.146. The van der Waals surface area contributed by atoms with Crippen LogP contribution in [0.15, 0.2) is 42.6 Å². The average molecular weight is 456 g/mol. The Kier molecular flexibility index (Phi) is 5.64. The summed E-state index contributed by atoms with van der Waals surface area (Å²) in [5, 5.41) is 12.5. The molecule has 0 bridgehead atoms. The van der Waals surface area contributed by atoms with Crippen LogP contribution in [0.5, 0.6) is 0 Å². The minimum absolute atomic E-state index is 0.194. The van der Waals surface area contributed by atoms with Crippen molar-refractivity contribution in [2.75, 3.05) is 36.9 Å². The fourth-order valence-corrected chi connectivity index (χ4v) is 5.41. The number of benzene rings is 2. The van der Waals surface area contributed by atoms with Crippen molar-refractivity contribution in [3.8, 4) is 0 Å². The quantitative estimate of drug-likeness (QED) is 0.546. The van der Waals surface area contributed by atoms with E-state index in [1.54, 1.807) is 13.1 Å². The molecule has 0 amide bonds. The van der Waals surface area contributed by atoms with E-state index in [0.29, 0.717) is 5.69 Å². The molecule has 3 aromatic rings. The van der Waals surface area contributed by atoms with E-state index in [1.807, 2.05) is 6.07 Å². The highest BCUT2D eigenvalue weighted by Crippen LogP contribution is 2.39. The molecule has 2 fully saturated rings. The molecule has 2 aliphatic heterocycles. The number of fused-ring (bicyclic) bond motifs is 1. The van der Waals surface area contributed by atoms with Crippen LogP contribution < -0.4 is 10.2 Å². The Hall–Kier alpha value is -2.87. The topological polar surface area (TPSA) is 44.3 Å². The normalized spacial score (nSPS) is 22.1. The summed E-state index contributed by atoms with van der Waals surface area (Å²) in [6.07, 6.45) is 2.37. The summed E-state index contributed by atoms with van der Waals surface area (Å²) in [6.45, 7) is 4.90. The van der Waals surface area contributed by atoms with Gasteiger partial charge in [0.2, 0.25) is 0 Å². The molecule has 2 aromatic carbocycles. The zero-order valence-electron chi connectivity index (χ0n) is 18.9. The smallest absolute Gasteiger partial charge is 0.266 e. The lowest BCUT2D eigenvalue weighted by Crippen LogP contribution is -2.43. The summed E-state index contributed by atoms with van der Waals surface area (Å²) >= 11 is 0. The molecule has 33 heavy (non-hydrogen) atoms. The van der Waals surface area contributed by atoms with Gasteiger partial charge in [0, 0.05) is 35.3 Å². The van der Waals surface area contributed by atoms with Crippen molar-refractivity contribution in [3.05, 3.63) is 59.5 Å². The summed E-state index contributed by atoms with van der Waals surface area (Å²) in [6, 6.07) is 9.71. The molecule has 2 saturated heterocycles. The van der Waals surface area contributed by atoms with Gasteiger partial charge in [-0.2, -0.15) is 10.2 Å². The summed E-state index contributed by atoms with van der Waals surface area (Å²) in [4.78, 5) is 4.91. The fraction of sp³-hybridized carbons (Fsp3) is 0.440. The van der Waals surface area contributed by atoms with Gasteiger partial charge < -0.3 is 10.2 Å². The lowest BCUT2D eigenvalue weighted by atomic mass is 9.96. The monoisotopic (exact) mass is 455 g/mol. The first-order valence-corrected chi connectivity index (χ1v) is 11.4. The predicted molar refractivity (Wildman–Crippen MR) is 124 cm³/mol. The van der Waals surface area contributed by atoms with Crippen LogP contribution in [0.4, 0.5) is 24.5 Å². The van der Waals surface area contributed by atoms with E-state index in [1.165, 1.54) is 25.0 Å². The van der Waals surface area contributed by atoms with Crippen molar-refractivity contribution in [3.63, 3.8) is 0 Å². The molecule has 5 rings (SSSR count). The van der Waals surface area contributed by atoms with Crippen LogP contribution in [0.25, 0.3) is 10.9 Å². The Balaban J connectivity index is 1.43. The maximum Gasteiger partial charge on any atom is 0.266 e. The molecule has 0 saturated carbocycles. The van der Waals surface area contributed by atoms with Crippen LogP contribution in [-0.2, 0) is 0 Å². The van der Waals surface area contributed by atoms with E-state index in [2.05, 4.69) is 44.5 Å². The SMILES string of the molecule is C[C@@H](Nc1cnnc2ccc(N3CCC4(CCCN4C)C3)cc12)c1cccc(C(F)F)c1F. The van der Waals surface area contributed by atoms with Crippen molar-refractivity contribution in [1.29, 1.82) is 0 Å². The summed E-state index contributed by atoms with van der Waals surface area (Å²) in [7, 11) is 2.22. The molecule has 8 heteroatoms. The molecule has 2 atom stereocenters. The molecule has 1 aromatic heterocycles. The van der Waals surface area contributed by atoms with Crippen LogP contribution in [0.3, 0.4) is 0 Å². The molecule has 2 aliphatic rings. The third-order valence-electron chi connectivity index (χ3n) is 7.40. The Morgan fingerprint density at radius 1 is 1.09 bits per heavy atom. The number of nitrogens with zero attached hydrogens (tertiary/aromatic N) is 4. The Labute approximate surface area is 191 Å². The molecule has 3 heterocycles. The number of alkyl halides is 2. The fourth-order valence-electron chi connectivity index (χ4n) is 5.41. The maximum atomic E-state index is 14.7. The highest BCUT2D eigenvalue weighted by Gasteiger charge is 2.44. The molecule has 5 nitrogen and oxygen atoms in total. The number of halogens is 3. The maximum absolute atomic E-state index is 14.7. The van der Waals surface area contributed by atoms with Gasteiger partial charge in [0.05, 0.1) is 29.0 Å². The van der Waals surface area contributed by atoms with E-state index in [0.717, 1.165) is 48.7 Å². The number of aromatic nitrogens is 2. The van der Waals surface area contributed by atoms with Gasteiger partial charge in [0.15, 0.2) is 0 Å². The van der Waals surface area contributed by atoms with Crippen molar-refractivity contribution < 1.29 is 13.2 Å². The largest absolute Gasteiger partial charge is 0.377 e. The van der Waals surface area contributed by atoms with E-state index in [9.17, 15) is 13.2 Å².